The Bertz CT molecular complexity index is 645. The van der Waals surface area contributed by atoms with Crippen LogP contribution in [0.5, 0.6) is 0 Å². The Morgan fingerprint density at radius 2 is 1.95 bits per heavy atom. The van der Waals surface area contributed by atoms with Gasteiger partial charge in [0.1, 0.15) is 4.90 Å². The van der Waals surface area contributed by atoms with E-state index in [9.17, 15) is 8.42 Å². The Kier molecular flexibility index (Phi) is 4.90. The average molecular weight is 351 g/mol. The van der Waals surface area contributed by atoms with Gasteiger partial charge in [0.05, 0.1) is 5.02 Å². The lowest BCUT2D eigenvalue weighted by atomic mass is 10.1. The zero-order chi connectivity index (χ0) is 15.8. The first-order chi connectivity index (χ1) is 9.67. The number of sulfonamides is 1. The molecule has 1 aromatic carbocycles. The number of benzene rings is 1. The number of hydrogen-bond acceptors (Lipinski definition) is 3. The molecule has 7 heteroatoms. The first kappa shape index (κ1) is 17.0. The van der Waals surface area contributed by atoms with Crippen molar-refractivity contribution in [2.45, 2.75) is 31.7 Å². The van der Waals surface area contributed by atoms with E-state index in [2.05, 4.69) is 23.9 Å². The summed E-state index contributed by atoms with van der Waals surface area (Å²) in [7, 11) is -1.89. The van der Waals surface area contributed by atoms with Gasteiger partial charge >= 0.3 is 0 Å². The van der Waals surface area contributed by atoms with Crippen molar-refractivity contribution in [3.05, 3.63) is 27.7 Å². The molecule has 0 spiro atoms. The molecule has 0 amide bonds. The molecule has 2 rings (SSSR count). The summed E-state index contributed by atoms with van der Waals surface area (Å²) in [6.45, 7) is 5.14. The minimum atomic E-state index is -3.65. The quantitative estimate of drug-likeness (QED) is 0.828. The van der Waals surface area contributed by atoms with Gasteiger partial charge in [0, 0.05) is 18.1 Å². The van der Waals surface area contributed by atoms with Gasteiger partial charge < -0.3 is 5.32 Å². The Labute approximate surface area is 136 Å². The second kappa shape index (κ2) is 6.05. The summed E-state index contributed by atoms with van der Waals surface area (Å²) in [5, 5.41) is 3.52. The number of nitrogens with one attached hydrogen (secondary N) is 2. The molecule has 0 heterocycles. The molecule has 1 aliphatic carbocycles. The van der Waals surface area contributed by atoms with E-state index in [1.54, 1.807) is 13.1 Å². The van der Waals surface area contributed by atoms with Gasteiger partial charge in [0.25, 0.3) is 0 Å². The van der Waals surface area contributed by atoms with Gasteiger partial charge in [0.2, 0.25) is 10.0 Å². The van der Waals surface area contributed by atoms with Crippen LogP contribution >= 0.6 is 23.2 Å². The molecule has 0 bridgehead atoms. The van der Waals surface area contributed by atoms with Crippen molar-refractivity contribution >= 4 is 33.2 Å². The summed E-state index contributed by atoms with van der Waals surface area (Å²) in [6.07, 6.45) is 1.03. The van der Waals surface area contributed by atoms with E-state index >= 15 is 0 Å². The lowest BCUT2D eigenvalue weighted by Gasteiger charge is -2.12. The maximum Gasteiger partial charge on any atom is 0.242 e. The van der Waals surface area contributed by atoms with Gasteiger partial charge in [-0.25, -0.2) is 13.1 Å². The molecule has 118 valence electrons. The van der Waals surface area contributed by atoms with Gasteiger partial charge in [-0.15, -0.1) is 0 Å². The highest BCUT2D eigenvalue weighted by Gasteiger charge is 2.45. The molecule has 1 atom stereocenters. The maximum absolute atomic E-state index is 12.4. The van der Waals surface area contributed by atoms with Crippen molar-refractivity contribution < 1.29 is 8.42 Å². The standard InChI is InChI=1S/C14H20Cl2N2O2S/c1-14(2)6-10(14)8-18-21(19,20)12-5-11(15)4-9(7-17-3)13(12)16/h4-5,10,17-18H,6-8H2,1-3H3. The maximum atomic E-state index is 12.4. The van der Waals surface area contributed by atoms with E-state index < -0.39 is 10.0 Å². The molecular formula is C14H20Cl2N2O2S. The van der Waals surface area contributed by atoms with Crippen LogP contribution in [0.3, 0.4) is 0 Å². The van der Waals surface area contributed by atoms with Crippen LogP contribution in [0.4, 0.5) is 0 Å². The Morgan fingerprint density at radius 1 is 1.33 bits per heavy atom. The van der Waals surface area contributed by atoms with Gasteiger partial charge in [-0.2, -0.15) is 0 Å². The molecule has 0 aromatic heterocycles. The first-order valence-electron chi connectivity index (χ1n) is 6.79. The fourth-order valence-electron chi connectivity index (χ4n) is 2.35. The van der Waals surface area contributed by atoms with Crippen LogP contribution in [0, 0.1) is 11.3 Å². The van der Waals surface area contributed by atoms with Crippen LogP contribution in [0.2, 0.25) is 10.0 Å². The van der Waals surface area contributed by atoms with Crippen molar-refractivity contribution in [1.82, 2.24) is 10.0 Å². The third-order valence-corrected chi connectivity index (χ3v) is 6.20. The summed E-state index contributed by atoms with van der Waals surface area (Å²) in [4.78, 5) is 0.0420. The zero-order valence-electron chi connectivity index (χ0n) is 12.3. The second-order valence-electron chi connectivity index (χ2n) is 6.15. The lowest BCUT2D eigenvalue weighted by Crippen LogP contribution is -2.27. The predicted octanol–water partition coefficient (Wildman–Crippen LogP) is 3.04. The zero-order valence-corrected chi connectivity index (χ0v) is 14.7. The third kappa shape index (κ3) is 3.90. The van der Waals surface area contributed by atoms with Crippen LogP contribution in [-0.2, 0) is 16.6 Å². The Hall–Kier alpha value is -0.330. The van der Waals surface area contributed by atoms with Crippen molar-refractivity contribution in [1.29, 1.82) is 0 Å². The minimum absolute atomic E-state index is 0.0420. The molecule has 1 fully saturated rings. The molecule has 1 aliphatic rings. The van der Waals surface area contributed by atoms with E-state index in [1.165, 1.54) is 6.07 Å². The average Bonchev–Trinajstić information content (AvgIpc) is 2.99. The summed E-state index contributed by atoms with van der Waals surface area (Å²) in [5.41, 5.74) is 0.886. The van der Waals surface area contributed by atoms with Crippen molar-refractivity contribution in [3.8, 4) is 0 Å². The molecule has 0 radical (unpaired) electrons. The molecule has 2 N–H and O–H groups in total. The van der Waals surface area contributed by atoms with E-state index in [1.807, 2.05) is 0 Å². The first-order valence-corrected chi connectivity index (χ1v) is 9.03. The molecule has 0 saturated heterocycles. The van der Waals surface area contributed by atoms with E-state index in [0.717, 1.165) is 6.42 Å². The normalized spacial score (nSPS) is 20.5. The predicted molar refractivity (Wildman–Crippen MR) is 86.3 cm³/mol. The van der Waals surface area contributed by atoms with Gasteiger partial charge in [0.15, 0.2) is 0 Å². The van der Waals surface area contributed by atoms with E-state index in [4.69, 9.17) is 23.2 Å². The largest absolute Gasteiger partial charge is 0.316 e. The van der Waals surface area contributed by atoms with Crippen LogP contribution in [-0.4, -0.2) is 22.0 Å². The number of halogens is 2. The van der Waals surface area contributed by atoms with Gasteiger partial charge in [-0.1, -0.05) is 37.0 Å². The van der Waals surface area contributed by atoms with E-state index in [0.29, 0.717) is 29.6 Å². The molecule has 1 aromatic rings. The fraction of sp³-hybridized carbons (Fsp3) is 0.571. The van der Waals surface area contributed by atoms with Gasteiger partial charge in [-0.05, 0) is 42.5 Å². The van der Waals surface area contributed by atoms with Crippen molar-refractivity contribution in [2.24, 2.45) is 11.3 Å². The summed E-state index contributed by atoms with van der Waals surface area (Å²) in [6, 6.07) is 3.06. The highest BCUT2D eigenvalue weighted by Crippen LogP contribution is 2.51. The Morgan fingerprint density at radius 3 is 2.48 bits per heavy atom. The van der Waals surface area contributed by atoms with Crippen LogP contribution in [0.15, 0.2) is 17.0 Å². The van der Waals surface area contributed by atoms with Gasteiger partial charge in [-0.3, -0.25) is 0 Å². The van der Waals surface area contributed by atoms with Crippen molar-refractivity contribution in [2.75, 3.05) is 13.6 Å². The minimum Gasteiger partial charge on any atom is -0.316 e. The van der Waals surface area contributed by atoms with E-state index in [-0.39, 0.29) is 15.3 Å². The monoisotopic (exact) mass is 350 g/mol. The fourth-order valence-corrected chi connectivity index (χ4v) is 4.36. The Balaban J connectivity index is 2.23. The molecular weight excluding hydrogens is 331 g/mol. The second-order valence-corrected chi connectivity index (χ2v) is 8.70. The summed E-state index contributed by atoms with van der Waals surface area (Å²) < 4.78 is 27.5. The molecule has 0 aliphatic heterocycles. The molecule has 4 nitrogen and oxygen atoms in total. The topological polar surface area (TPSA) is 58.2 Å². The highest BCUT2D eigenvalue weighted by atomic mass is 35.5. The molecule has 1 saturated carbocycles. The number of hydrogen-bond donors (Lipinski definition) is 2. The third-order valence-electron chi connectivity index (χ3n) is 3.97. The van der Waals surface area contributed by atoms with Crippen LogP contribution in [0.25, 0.3) is 0 Å². The van der Waals surface area contributed by atoms with Crippen LogP contribution < -0.4 is 10.0 Å². The molecule has 1 unspecified atom stereocenters. The van der Waals surface area contributed by atoms with Crippen LogP contribution in [0.1, 0.15) is 25.8 Å². The molecule has 21 heavy (non-hydrogen) atoms. The SMILES string of the molecule is CNCc1cc(Cl)cc(S(=O)(=O)NCC2CC2(C)C)c1Cl. The number of rotatable bonds is 6. The summed E-state index contributed by atoms with van der Waals surface area (Å²) >= 11 is 12.2. The van der Waals surface area contributed by atoms with Crippen molar-refractivity contribution in [3.63, 3.8) is 0 Å². The summed E-state index contributed by atoms with van der Waals surface area (Å²) in [5.74, 6) is 0.377. The lowest BCUT2D eigenvalue weighted by molar-refractivity contribution is 0.537. The smallest absolute Gasteiger partial charge is 0.242 e. The highest BCUT2D eigenvalue weighted by molar-refractivity contribution is 7.89.